The third kappa shape index (κ3) is 2.28. The number of hydrogen-bond acceptors (Lipinski definition) is 7. The summed E-state index contributed by atoms with van der Waals surface area (Å²) in [6.45, 7) is 4.35. The van der Waals surface area contributed by atoms with Crippen LogP contribution in [0.3, 0.4) is 0 Å². The van der Waals surface area contributed by atoms with Crippen LogP contribution in [0.2, 0.25) is 0 Å². The summed E-state index contributed by atoms with van der Waals surface area (Å²) in [6.07, 6.45) is 2.57. The smallest absolute Gasteiger partial charge is 0.278 e. The van der Waals surface area contributed by atoms with E-state index in [9.17, 15) is 0 Å². The van der Waals surface area contributed by atoms with Gasteiger partial charge in [0, 0.05) is 5.56 Å². The van der Waals surface area contributed by atoms with Crippen molar-refractivity contribution in [2.75, 3.05) is 7.11 Å². The van der Waals surface area contributed by atoms with Crippen molar-refractivity contribution < 1.29 is 9.26 Å². The molecule has 0 saturated heterocycles. The number of aryl methyl sites for hydroxylation is 2. The van der Waals surface area contributed by atoms with Crippen LogP contribution in [-0.4, -0.2) is 41.8 Å². The van der Waals surface area contributed by atoms with Gasteiger partial charge in [-0.3, -0.25) is 4.57 Å². The van der Waals surface area contributed by atoms with Crippen molar-refractivity contribution in [3.05, 3.63) is 41.7 Å². The zero-order valence-corrected chi connectivity index (χ0v) is 15.2. The Morgan fingerprint density at radius 3 is 2.93 bits per heavy atom. The zero-order valence-electron chi connectivity index (χ0n) is 15.2. The van der Waals surface area contributed by atoms with Gasteiger partial charge in [0.15, 0.2) is 11.5 Å². The molecule has 0 saturated carbocycles. The molecule has 4 heterocycles. The molecule has 0 amide bonds. The van der Waals surface area contributed by atoms with Crippen LogP contribution in [0, 0.1) is 6.92 Å². The summed E-state index contributed by atoms with van der Waals surface area (Å²) in [5.74, 6) is 1.75. The summed E-state index contributed by atoms with van der Waals surface area (Å²) in [6, 6.07) is 5.96. The van der Waals surface area contributed by atoms with Gasteiger partial charge in [-0.2, -0.15) is 4.98 Å². The Kier molecular flexibility index (Phi) is 3.36. The van der Waals surface area contributed by atoms with Gasteiger partial charge in [0.2, 0.25) is 0 Å². The molecule has 0 fully saturated rings. The summed E-state index contributed by atoms with van der Waals surface area (Å²) in [4.78, 5) is 8.87. The number of methoxy groups -OCH3 is 1. The average Bonchev–Trinajstić information content (AvgIpc) is 3.38. The summed E-state index contributed by atoms with van der Waals surface area (Å²) in [5, 5.41) is 12.6. The van der Waals surface area contributed by atoms with E-state index >= 15 is 0 Å². The van der Waals surface area contributed by atoms with Crippen molar-refractivity contribution in [3.8, 4) is 34.3 Å². The van der Waals surface area contributed by atoms with Crippen LogP contribution in [0.1, 0.15) is 24.1 Å². The first-order chi connectivity index (χ1) is 13.2. The Bertz CT molecular complexity index is 1150. The standard InChI is InChI=1S/C18H17N7O2/c1-4-13-17-12-7-11(26-3)5-6-14(12)24-9-19-16(18-20-10(2)22-27-18)15(24)8-25(17)23-21-13/h5-7,9H,4,8H2,1-3H3. The molecule has 0 atom stereocenters. The Morgan fingerprint density at radius 2 is 2.19 bits per heavy atom. The molecule has 1 aliphatic heterocycles. The van der Waals surface area contributed by atoms with Gasteiger partial charge >= 0.3 is 0 Å². The van der Waals surface area contributed by atoms with Crippen LogP contribution in [0.15, 0.2) is 29.0 Å². The normalized spacial score (nSPS) is 12.3. The first-order valence-electron chi connectivity index (χ1n) is 8.67. The lowest BCUT2D eigenvalue weighted by molar-refractivity contribution is 0.415. The molecular weight excluding hydrogens is 346 g/mol. The van der Waals surface area contributed by atoms with Gasteiger partial charge in [0.05, 0.1) is 36.4 Å². The molecule has 136 valence electrons. The number of benzene rings is 1. The molecular formula is C18H17N7O2. The number of rotatable bonds is 3. The van der Waals surface area contributed by atoms with Gasteiger partial charge < -0.3 is 9.26 Å². The van der Waals surface area contributed by atoms with Gasteiger partial charge in [-0.15, -0.1) is 5.10 Å². The van der Waals surface area contributed by atoms with Crippen LogP contribution in [0.4, 0.5) is 0 Å². The quantitative estimate of drug-likeness (QED) is 0.485. The highest BCUT2D eigenvalue weighted by molar-refractivity contribution is 5.75. The molecule has 1 aliphatic rings. The van der Waals surface area contributed by atoms with Crippen LogP contribution in [-0.2, 0) is 13.0 Å². The van der Waals surface area contributed by atoms with Gasteiger partial charge in [0.25, 0.3) is 5.89 Å². The maximum Gasteiger partial charge on any atom is 0.278 e. The Hall–Kier alpha value is -3.49. The van der Waals surface area contributed by atoms with E-state index in [4.69, 9.17) is 9.26 Å². The molecule has 1 aromatic carbocycles. The minimum atomic E-state index is 0.399. The van der Waals surface area contributed by atoms with E-state index in [1.54, 1.807) is 20.4 Å². The number of nitrogens with zero attached hydrogens (tertiary/aromatic N) is 7. The largest absolute Gasteiger partial charge is 0.497 e. The second-order valence-electron chi connectivity index (χ2n) is 6.34. The van der Waals surface area contributed by atoms with Gasteiger partial charge in [-0.05, 0) is 31.5 Å². The third-order valence-corrected chi connectivity index (χ3v) is 4.75. The number of imidazole rings is 1. The molecule has 0 radical (unpaired) electrons. The molecule has 0 unspecified atom stereocenters. The predicted octanol–water partition coefficient (Wildman–Crippen LogP) is 2.42. The highest BCUT2D eigenvalue weighted by Gasteiger charge is 2.28. The van der Waals surface area contributed by atoms with Crippen molar-refractivity contribution in [2.45, 2.75) is 26.8 Å². The summed E-state index contributed by atoms with van der Waals surface area (Å²) in [7, 11) is 1.66. The Balaban J connectivity index is 1.80. The van der Waals surface area contributed by atoms with Crippen LogP contribution in [0.5, 0.6) is 5.75 Å². The van der Waals surface area contributed by atoms with E-state index in [0.717, 1.165) is 40.5 Å². The minimum Gasteiger partial charge on any atom is -0.497 e. The highest BCUT2D eigenvalue weighted by Crippen LogP contribution is 2.37. The molecule has 5 rings (SSSR count). The lowest BCUT2D eigenvalue weighted by Gasteiger charge is -2.11. The van der Waals surface area contributed by atoms with Crippen molar-refractivity contribution in [3.63, 3.8) is 0 Å². The van der Waals surface area contributed by atoms with E-state index < -0.39 is 0 Å². The Morgan fingerprint density at radius 1 is 1.30 bits per heavy atom. The molecule has 0 N–H and O–H groups in total. The van der Waals surface area contributed by atoms with E-state index in [1.807, 2.05) is 27.4 Å². The van der Waals surface area contributed by atoms with Crippen LogP contribution in [0.25, 0.3) is 28.5 Å². The molecule has 3 aromatic heterocycles. The average molecular weight is 363 g/mol. The van der Waals surface area contributed by atoms with E-state index in [-0.39, 0.29) is 0 Å². The number of hydrogen-bond donors (Lipinski definition) is 0. The minimum absolute atomic E-state index is 0.399. The maximum absolute atomic E-state index is 5.44. The van der Waals surface area contributed by atoms with Crippen LogP contribution >= 0.6 is 0 Å². The fraction of sp³-hybridized carbons (Fsp3) is 0.278. The van der Waals surface area contributed by atoms with Crippen molar-refractivity contribution >= 4 is 0 Å². The number of fused-ring (bicyclic) bond motifs is 5. The lowest BCUT2D eigenvalue weighted by Crippen LogP contribution is -2.06. The first-order valence-corrected chi connectivity index (χ1v) is 8.67. The second kappa shape index (κ2) is 5.76. The molecule has 4 aromatic rings. The van der Waals surface area contributed by atoms with E-state index in [1.165, 1.54) is 0 Å². The monoisotopic (exact) mass is 363 g/mol. The number of aromatic nitrogens is 7. The van der Waals surface area contributed by atoms with Gasteiger partial charge in [-0.25, -0.2) is 9.67 Å². The second-order valence-corrected chi connectivity index (χ2v) is 6.34. The van der Waals surface area contributed by atoms with E-state index in [2.05, 4.69) is 32.4 Å². The van der Waals surface area contributed by atoms with Crippen molar-refractivity contribution in [1.82, 2.24) is 34.7 Å². The molecule has 9 nitrogen and oxygen atoms in total. The SMILES string of the molecule is CCc1nnn2c1-c1cc(OC)ccc1-n1cnc(-c3nc(C)no3)c1C2. The van der Waals surface area contributed by atoms with E-state index in [0.29, 0.717) is 24.0 Å². The molecule has 0 bridgehead atoms. The van der Waals surface area contributed by atoms with Gasteiger partial charge in [0.1, 0.15) is 12.1 Å². The Labute approximate surface area is 154 Å². The van der Waals surface area contributed by atoms with Crippen molar-refractivity contribution in [1.29, 1.82) is 0 Å². The summed E-state index contributed by atoms with van der Waals surface area (Å²) < 4.78 is 14.7. The van der Waals surface area contributed by atoms with Crippen LogP contribution < -0.4 is 4.74 Å². The molecule has 0 aliphatic carbocycles. The fourth-order valence-corrected chi connectivity index (χ4v) is 3.48. The highest BCUT2D eigenvalue weighted by atomic mass is 16.5. The topological polar surface area (TPSA) is 96.7 Å². The fourth-order valence-electron chi connectivity index (χ4n) is 3.48. The first kappa shape index (κ1) is 15.7. The van der Waals surface area contributed by atoms with Crippen molar-refractivity contribution in [2.24, 2.45) is 0 Å². The molecule has 27 heavy (non-hydrogen) atoms. The molecule has 9 heteroatoms. The predicted molar refractivity (Wildman–Crippen MR) is 95.6 cm³/mol. The zero-order chi connectivity index (χ0) is 18.5. The lowest BCUT2D eigenvalue weighted by atomic mass is 10.1. The number of ether oxygens (including phenoxy) is 1. The molecule has 0 spiro atoms. The third-order valence-electron chi connectivity index (χ3n) is 4.75. The van der Waals surface area contributed by atoms with Gasteiger partial charge in [-0.1, -0.05) is 17.3 Å². The summed E-state index contributed by atoms with van der Waals surface area (Å²) >= 11 is 0. The summed E-state index contributed by atoms with van der Waals surface area (Å²) in [5.41, 5.74) is 5.48. The maximum atomic E-state index is 5.44.